The van der Waals surface area contributed by atoms with Gasteiger partial charge in [0, 0.05) is 17.8 Å². The van der Waals surface area contributed by atoms with Crippen LogP contribution < -0.4 is 10.1 Å². The highest BCUT2D eigenvalue weighted by atomic mass is 19.4. The number of nitrogens with one attached hydrogen (secondary N) is 1. The summed E-state index contributed by atoms with van der Waals surface area (Å²) in [5.41, 5.74) is -0.218. The molecule has 1 atom stereocenters. The van der Waals surface area contributed by atoms with E-state index in [9.17, 15) is 26.7 Å². The fourth-order valence-electron chi connectivity index (χ4n) is 2.55. The van der Waals surface area contributed by atoms with Crippen LogP contribution in [-0.2, 0) is 6.18 Å². The number of amides is 1. The molecule has 1 unspecified atom stereocenters. The van der Waals surface area contributed by atoms with Crippen LogP contribution in [0, 0.1) is 11.6 Å². The minimum Gasteiger partial charge on any atom is -0.439 e. The molecule has 0 radical (unpaired) electrons. The second kappa shape index (κ2) is 8.48. The molecule has 2 aromatic carbocycles. The van der Waals surface area contributed by atoms with E-state index in [1.54, 1.807) is 6.92 Å². The van der Waals surface area contributed by atoms with Crippen LogP contribution in [0.4, 0.5) is 22.0 Å². The molecule has 0 spiro atoms. The lowest BCUT2D eigenvalue weighted by Crippen LogP contribution is -2.26. The molecule has 3 aromatic rings. The zero-order chi connectivity index (χ0) is 21.9. The highest BCUT2D eigenvalue weighted by Gasteiger charge is 2.30. The summed E-state index contributed by atoms with van der Waals surface area (Å²) in [6, 6.07) is 10.5. The minimum absolute atomic E-state index is 0.0350. The number of benzene rings is 2. The zero-order valence-corrected chi connectivity index (χ0v) is 15.5. The quantitative estimate of drug-likeness (QED) is 0.540. The monoisotopic (exact) mass is 422 g/mol. The predicted molar refractivity (Wildman–Crippen MR) is 98.0 cm³/mol. The van der Waals surface area contributed by atoms with Gasteiger partial charge in [-0.05, 0) is 55.0 Å². The van der Waals surface area contributed by atoms with Gasteiger partial charge in [0.15, 0.2) is 11.6 Å². The van der Waals surface area contributed by atoms with Crippen molar-refractivity contribution in [1.82, 2.24) is 10.3 Å². The van der Waals surface area contributed by atoms with E-state index in [4.69, 9.17) is 4.74 Å². The Balaban J connectivity index is 1.63. The smallest absolute Gasteiger partial charge is 0.417 e. The van der Waals surface area contributed by atoms with Crippen LogP contribution in [0.3, 0.4) is 0 Å². The zero-order valence-electron chi connectivity index (χ0n) is 15.5. The van der Waals surface area contributed by atoms with Gasteiger partial charge in [-0.1, -0.05) is 6.07 Å². The summed E-state index contributed by atoms with van der Waals surface area (Å²) < 4.78 is 69.4. The van der Waals surface area contributed by atoms with E-state index in [-0.39, 0.29) is 17.2 Å². The Morgan fingerprint density at radius 1 is 1.00 bits per heavy atom. The van der Waals surface area contributed by atoms with Gasteiger partial charge < -0.3 is 10.1 Å². The average molecular weight is 422 g/mol. The molecule has 4 nitrogen and oxygen atoms in total. The third-order valence-corrected chi connectivity index (χ3v) is 4.19. The Kier molecular flexibility index (Phi) is 6.00. The number of carbonyl (C=O) groups is 1. The van der Waals surface area contributed by atoms with Gasteiger partial charge in [-0.3, -0.25) is 4.79 Å². The summed E-state index contributed by atoms with van der Waals surface area (Å²) >= 11 is 0. The fourth-order valence-corrected chi connectivity index (χ4v) is 2.55. The molecule has 0 saturated carbocycles. The molecular formula is C21H15F5N2O2. The molecule has 30 heavy (non-hydrogen) atoms. The van der Waals surface area contributed by atoms with Gasteiger partial charge in [-0.25, -0.2) is 13.8 Å². The number of ether oxygens (including phenoxy) is 1. The van der Waals surface area contributed by atoms with Crippen LogP contribution in [0.25, 0.3) is 0 Å². The minimum atomic E-state index is -4.49. The molecule has 156 valence electrons. The van der Waals surface area contributed by atoms with Crippen molar-refractivity contribution in [2.45, 2.75) is 19.1 Å². The summed E-state index contributed by atoms with van der Waals surface area (Å²) in [6.45, 7) is 1.62. The number of pyridine rings is 1. The van der Waals surface area contributed by atoms with Crippen molar-refractivity contribution in [3.05, 3.63) is 89.1 Å². The van der Waals surface area contributed by atoms with Crippen LogP contribution in [0.15, 0.2) is 60.8 Å². The van der Waals surface area contributed by atoms with Crippen LogP contribution in [0.2, 0.25) is 0 Å². The lowest BCUT2D eigenvalue weighted by Gasteiger charge is -2.15. The van der Waals surface area contributed by atoms with Crippen LogP contribution in [-0.4, -0.2) is 10.9 Å². The molecule has 1 heterocycles. The van der Waals surface area contributed by atoms with Gasteiger partial charge in [0.05, 0.1) is 11.6 Å². The number of aromatic nitrogens is 1. The first kappa shape index (κ1) is 21.2. The van der Waals surface area contributed by atoms with Gasteiger partial charge in [0.2, 0.25) is 5.88 Å². The van der Waals surface area contributed by atoms with Crippen molar-refractivity contribution in [2.75, 3.05) is 0 Å². The average Bonchev–Trinajstić information content (AvgIpc) is 2.70. The molecule has 1 amide bonds. The van der Waals surface area contributed by atoms with E-state index in [1.165, 1.54) is 30.3 Å². The number of alkyl halides is 3. The maximum atomic E-state index is 13.3. The van der Waals surface area contributed by atoms with Crippen molar-refractivity contribution in [2.24, 2.45) is 0 Å². The third kappa shape index (κ3) is 5.11. The topological polar surface area (TPSA) is 51.2 Å². The van der Waals surface area contributed by atoms with Crippen molar-refractivity contribution in [3.63, 3.8) is 0 Å². The van der Waals surface area contributed by atoms with Crippen LogP contribution >= 0.6 is 0 Å². The van der Waals surface area contributed by atoms with Crippen molar-refractivity contribution in [1.29, 1.82) is 0 Å². The molecular weight excluding hydrogens is 407 g/mol. The van der Waals surface area contributed by atoms with Gasteiger partial charge in [-0.2, -0.15) is 13.2 Å². The number of halogens is 5. The predicted octanol–water partition coefficient (Wildman–Crippen LogP) is 5.66. The maximum absolute atomic E-state index is 13.3. The number of nitrogens with zero attached hydrogens (tertiary/aromatic N) is 1. The molecule has 0 aliphatic carbocycles. The summed E-state index contributed by atoms with van der Waals surface area (Å²) in [6.07, 6.45) is -3.83. The SMILES string of the molecule is CC(NC(=O)c1ccc(Oc2ccc(C(F)(F)F)cn2)cc1)c1ccc(F)c(F)c1. The normalized spacial score (nSPS) is 12.3. The second-order valence-corrected chi connectivity index (χ2v) is 6.38. The second-order valence-electron chi connectivity index (χ2n) is 6.38. The Labute approximate surface area is 168 Å². The van der Waals surface area contributed by atoms with Crippen molar-refractivity contribution in [3.8, 4) is 11.6 Å². The first-order chi connectivity index (χ1) is 14.1. The first-order valence-corrected chi connectivity index (χ1v) is 8.70. The molecule has 0 bridgehead atoms. The van der Waals surface area contributed by atoms with Crippen LogP contribution in [0.1, 0.15) is 34.5 Å². The Hall–Kier alpha value is -3.49. The molecule has 0 aliphatic rings. The highest BCUT2D eigenvalue weighted by molar-refractivity contribution is 5.94. The van der Waals surface area contributed by atoms with E-state index in [1.807, 2.05) is 0 Å². The van der Waals surface area contributed by atoms with E-state index in [0.29, 0.717) is 11.8 Å². The molecule has 1 N–H and O–H groups in total. The van der Waals surface area contributed by atoms with E-state index >= 15 is 0 Å². The number of hydrogen-bond acceptors (Lipinski definition) is 3. The molecule has 0 aliphatic heterocycles. The van der Waals surface area contributed by atoms with Crippen LogP contribution in [0.5, 0.6) is 11.6 Å². The van der Waals surface area contributed by atoms with Gasteiger partial charge in [0.25, 0.3) is 5.91 Å². The highest BCUT2D eigenvalue weighted by Crippen LogP contribution is 2.30. The Morgan fingerprint density at radius 3 is 2.27 bits per heavy atom. The Bertz CT molecular complexity index is 1030. The van der Waals surface area contributed by atoms with E-state index < -0.39 is 35.3 Å². The number of carbonyl (C=O) groups excluding carboxylic acids is 1. The standard InChI is InChI=1S/C21H15F5N2O2/c1-12(14-4-8-17(22)18(23)10-14)28-20(29)13-2-6-16(7-3-13)30-19-9-5-15(11-27-19)21(24,25)26/h2-12H,1H3,(H,28,29). The summed E-state index contributed by atoms with van der Waals surface area (Å²) in [4.78, 5) is 15.9. The summed E-state index contributed by atoms with van der Waals surface area (Å²) in [7, 11) is 0. The van der Waals surface area contributed by atoms with E-state index in [2.05, 4.69) is 10.3 Å². The largest absolute Gasteiger partial charge is 0.439 e. The first-order valence-electron chi connectivity index (χ1n) is 8.70. The van der Waals surface area contributed by atoms with Gasteiger partial charge in [0.1, 0.15) is 5.75 Å². The van der Waals surface area contributed by atoms with Gasteiger partial charge >= 0.3 is 6.18 Å². The molecule has 0 saturated heterocycles. The summed E-state index contributed by atoms with van der Waals surface area (Å²) in [5, 5.41) is 2.66. The maximum Gasteiger partial charge on any atom is 0.417 e. The van der Waals surface area contributed by atoms with E-state index in [0.717, 1.165) is 24.3 Å². The third-order valence-electron chi connectivity index (χ3n) is 4.19. The van der Waals surface area contributed by atoms with Crippen molar-refractivity contribution < 1.29 is 31.5 Å². The lowest BCUT2D eigenvalue weighted by molar-refractivity contribution is -0.137. The number of hydrogen-bond donors (Lipinski definition) is 1. The molecule has 9 heteroatoms. The summed E-state index contributed by atoms with van der Waals surface area (Å²) in [5.74, 6) is -2.20. The Morgan fingerprint density at radius 2 is 1.70 bits per heavy atom. The number of rotatable bonds is 5. The van der Waals surface area contributed by atoms with Crippen molar-refractivity contribution >= 4 is 5.91 Å². The molecule has 0 fully saturated rings. The fraction of sp³-hybridized carbons (Fsp3) is 0.143. The molecule has 1 aromatic heterocycles. The molecule has 3 rings (SSSR count). The lowest BCUT2D eigenvalue weighted by atomic mass is 10.1. The van der Waals surface area contributed by atoms with Gasteiger partial charge in [-0.15, -0.1) is 0 Å².